The number of halogens is 1. The molecular weight excluding hydrogens is 307 g/mol. The molecule has 0 saturated carbocycles. The molecule has 1 aromatic rings. The fourth-order valence-electron chi connectivity index (χ4n) is 2.53. The third-order valence-electron chi connectivity index (χ3n) is 3.88. The summed E-state index contributed by atoms with van der Waals surface area (Å²) in [5.74, 6) is -0.383. The second-order valence-corrected chi connectivity index (χ2v) is 7.34. The van der Waals surface area contributed by atoms with Crippen molar-refractivity contribution in [1.29, 1.82) is 0 Å². The monoisotopic (exact) mass is 328 g/mol. The first-order valence-corrected chi connectivity index (χ1v) is 8.84. The van der Waals surface area contributed by atoms with Crippen molar-refractivity contribution in [3.8, 4) is 0 Å². The average Bonchev–Trinajstić information content (AvgIpc) is 2.75. The van der Waals surface area contributed by atoms with Crippen molar-refractivity contribution >= 4 is 15.9 Å². The van der Waals surface area contributed by atoms with Crippen molar-refractivity contribution in [2.75, 3.05) is 26.2 Å². The summed E-state index contributed by atoms with van der Waals surface area (Å²) < 4.78 is 40.0. The molecule has 7 heteroatoms. The minimum absolute atomic E-state index is 0.0388. The Bertz CT molecular complexity index is 661. The molecule has 1 saturated heterocycles. The summed E-state index contributed by atoms with van der Waals surface area (Å²) in [4.78, 5) is 13.5. The zero-order valence-electron chi connectivity index (χ0n) is 12.9. The number of benzene rings is 1. The Kier molecular flexibility index (Phi) is 5.18. The topological polar surface area (TPSA) is 57.7 Å². The van der Waals surface area contributed by atoms with E-state index in [0.29, 0.717) is 38.0 Å². The first kappa shape index (κ1) is 16.9. The Labute approximate surface area is 130 Å². The van der Waals surface area contributed by atoms with Crippen LogP contribution in [-0.2, 0) is 14.8 Å². The predicted octanol–water partition coefficient (Wildman–Crippen LogP) is 1.77. The molecule has 1 fully saturated rings. The number of nitrogens with zero attached hydrogens (tertiary/aromatic N) is 2. The molecule has 1 heterocycles. The van der Waals surface area contributed by atoms with Gasteiger partial charge in [0.05, 0.1) is 4.90 Å². The largest absolute Gasteiger partial charge is 0.341 e. The Morgan fingerprint density at radius 1 is 1.23 bits per heavy atom. The van der Waals surface area contributed by atoms with Crippen molar-refractivity contribution in [1.82, 2.24) is 9.21 Å². The number of hydrogen-bond donors (Lipinski definition) is 0. The fraction of sp³-hybridized carbons (Fsp3) is 0.533. The van der Waals surface area contributed by atoms with Gasteiger partial charge in [-0.25, -0.2) is 12.8 Å². The lowest BCUT2D eigenvalue weighted by Crippen LogP contribution is -2.37. The maximum Gasteiger partial charge on any atom is 0.243 e. The Morgan fingerprint density at radius 3 is 2.59 bits per heavy atom. The van der Waals surface area contributed by atoms with Gasteiger partial charge in [0.2, 0.25) is 15.9 Å². The molecule has 0 aromatic heterocycles. The summed E-state index contributed by atoms with van der Waals surface area (Å²) >= 11 is 0. The molecule has 122 valence electrons. The van der Waals surface area contributed by atoms with Gasteiger partial charge in [0.15, 0.2) is 0 Å². The Morgan fingerprint density at radius 2 is 1.95 bits per heavy atom. The van der Waals surface area contributed by atoms with E-state index in [4.69, 9.17) is 0 Å². The van der Waals surface area contributed by atoms with E-state index in [9.17, 15) is 17.6 Å². The van der Waals surface area contributed by atoms with Gasteiger partial charge in [-0.05, 0) is 37.1 Å². The summed E-state index contributed by atoms with van der Waals surface area (Å²) in [7, 11) is -3.65. The highest BCUT2D eigenvalue weighted by molar-refractivity contribution is 7.89. The highest BCUT2D eigenvalue weighted by Crippen LogP contribution is 2.20. The molecule has 1 aromatic carbocycles. The average molecular weight is 328 g/mol. The highest BCUT2D eigenvalue weighted by atomic mass is 32.2. The molecule has 0 bridgehead atoms. The molecule has 0 atom stereocenters. The highest BCUT2D eigenvalue weighted by Gasteiger charge is 2.28. The second-order valence-electron chi connectivity index (χ2n) is 5.40. The van der Waals surface area contributed by atoms with Crippen molar-refractivity contribution in [3.05, 3.63) is 29.6 Å². The molecule has 1 aliphatic heterocycles. The van der Waals surface area contributed by atoms with Crippen molar-refractivity contribution < 1.29 is 17.6 Å². The van der Waals surface area contributed by atoms with Gasteiger partial charge in [-0.3, -0.25) is 4.79 Å². The standard InChI is InChI=1S/C15H21FN2O3S/c1-3-15(19)17-7-4-8-18(10-9-17)22(20,21)13-5-6-14(16)12(2)11-13/h5-6,11H,3-4,7-10H2,1-2H3. The Hall–Kier alpha value is -1.47. The molecule has 0 spiro atoms. The molecule has 0 radical (unpaired) electrons. The lowest BCUT2D eigenvalue weighted by molar-refractivity contribution is -0.130. The van der Waals surface area contributed by atoms with Gasteiger partial charge in [-0.2, -0.15) is 4.31 Å². The summed E-state index contributed by atoms with van der Waals surface area (Å²) in [6.07, 6.45) is 1.02. The number of carbonyl (C=O) groups excluding carboxylic acids is 1. The third kappa shape index (κ3) is 3.47. The number of hydrogen-bond acceptors (Lipinski definition) is 3. The van der Waals surface area contributed by atoms with E-state index in [1.165, 1.54) is 22.5 Å². The molecule has 1 amide bonds. The smallest absolute Gasteiger partial charge is 0.243 e. The van der Waals surface area contributed by atoms with E-state index < -0.39 is 15.8 Å². The maximum atomic E-state index is 13.3. The van der Waals surface area contributed by atoms with Crippen LogP contribution >= 0.6 is 0 Å². The summed E-state index contributed by atoms with van der Waals surface area (Å²) in [6.45, 7) is 4.94. The molecule has 22 heavy (non-hydrogen) atoms. The first-order valence-electron chi connectivity index (χ1n) is 7.40. The van der Waals surface area contributed by atoms with Gasteiger partial charge in [-0.15, -0.1) is 0 Å². The predicted molar refractivity (Wildman–Crippen MR) is 81.4 cm³/mol. The molecule has 5 nitrogen and oxygen atoms in total. The van der Waals surface area contributed by atoms with E-state index in [2.05, 4.69) is 0 Å². The molecule has 1 aliphatic rings. The van der Waals surface area contributed by atoms with Crippen LogP contribution in [0.4, 0.5) is 4.39 Å². The normalized spacial score (nSPS) is 17.3. The van der Waals surface area contributed by atoms with Crippen LogP contribution in [0.3, 0.4) is 0 Å². The quantitative estimate of drug-likeness (QED) is 0.850. The number of carbonyl (C=O) groups is 1. The van der Waals surface area contributed by atoms with E-state index >= 15 is 0 Å². The molecular formula is C15H21FN2O3S. The van der Waals surface area contributed by atoms with Crippen LogP contribution in [-0.4, -0.2) is 49.7 Å². The van der Waals surface area contributed by atoms with Crippen molar-refractivity contribution in [3.63, 3.8) is 0 Å². The minimum Gasteiger partial charge on any atom is -0.341 e. The number of rotatable bonds is 3. The van der Waals surface area contributed by atoms with Crippen LogP contribution in [0.15, 0.2) is 23.1 Å². The van der Waals surface area contributed by atoms with Crippen molar-refractivity contribution in [2.45, 2.75) is 31.6 Å². The van der Waals surface area contributed by atoms with Gasteiger partial charge in [0.25, 0.3) is 0 Å². The lowest BCUT2D eigenvalue weighted by atomic mass is 10.2. The van der Waals surface area contributed by atoms with Gasteiger partial charge in [-0.1, -0.05) is 6.92 Å². The van der Waals surface area contributed by atoms with Crippen LogP contribution < -0.4 is 0 Å². The Balaban J connectivity index is 2.19. The van der Waals surface area contributed by atoms with E-state index in [-0.39, 0.29) is 17.3 Å². The maximum absolute atomic E-state index is 13.3. The first-order chi connectivity index (χ1) is 10.4. The summed E-state index contributed by atoms with van der Waals surface area (Å²) in [5.41, 5.74) is 0.304. The van der Waals surface area contributed by atoms with Crippen LogP contribution in [0.2, 0.25) is 0 Å². The lowest BCUT2D eigenvalue weighted by Gasteiger charge is -2.21. The molecule has 2 rings (SSSR count). The molecule has 0 N–H and O–H groups in total. The van der Waals surface area contributed by atoms with E-state index in [0.717, 1.165) is 0 Å². The van der Waals surface area contributed by atoms with Gasteiger partial charge in [0, 0.05) is 32.6 Å². The zero-order valence-corrected chi connectivity index (χ0v) is 13.7. The van der Waals surface area contributed by atoms with E-state index in [1.807, 2.05) is 0 Å². The SMILES string of the molecule is CCC(=O)N1CCCN(S(=O)(=O)c2ccc(F)c(C)c2)CC1. The van der Waals surface area contributed by atoms with Gasteiger partial charge < -0.3 is 4.90 Å². The van der Waals surface area contributed by atoms with Gasteiger partial charge in [0.1, 0.15) is 5.82 Å². The van der Waals surface area contributed by atoms with Crippen LogP contribution in [0, 0.1) is 12.7 Å². The van der Waals surface area contributed by atoms with Gasteiger partial charge >= 0.3 is 0 Å². The number of aryl methyl sites for hydroxylation is 1. The molecule has 0 unspecified atom stereocenters. The number of sulfonamides is 1. The fourth-order valence-corrected chi connectivity index (χ4v) is 4.09. The zero-order chi connectivity index (χ0) is 16.3. The minimum atomic E-state index is -3.65. The number of amides is 1. The molecule has 0 aliphatic carbocycles. The van der Waals surface area contributed by atoms with E-state index in [1.54, 1.807) is 18.7 Å². The third-order valence-corrected chi connectivity index (χ3v) is 5.77. The summed E-state index contributed by atoms with van der Waals surface area (Å²) in [5, 5.41) is 0. The van der Waals surface area contributed by atoms with Crippen LogP contribution in [0.1, 0.15) is 25.3 Å². The van der Waals surface area contributed by atoms with Crippen molar-refractivity contribution in [2.24, 2.45) is 0 Å². The second kappa shape index (κ2) is 6.75. The summed E-state index contributed by atoms with van der Waals surface area (Å²) in [6, 6.07) is 3.81. The van der Waals surface area contributed by atoms with Crippen LogP contribution in [0.25, 0.3) is 0 Å². The van der Waals surface area contributed by atoms with Crippen LogP contribution in [0.5, 0.6) is 0 Å².